The van der Waals surface area contributed by atoms with Gasteiger partial charge in [0.25, 0.3) is 0 Å². The predicted octanol–water partition coefficient (Wildman–Crippen LogP) is 3.69. The van der Waals surface area contributed by atoms with Crippen molar-refractivity contribution < 1.29 is 13.2 Å². The molecule has 0 radical (unpaired) electrons. The van der Waals surface area contributed by atoms with Crippen LogP contribution in [0.15, 0.2) is 59.6 Å². The lowest BCUT2D eigenvalue weighted by atomic mass is 9.98. The predicted molar refractivity (Wildman–Crippen MR) is 122 cm³/mol. The maximum atomic E-state index is 13.3. The molecule has 31 heavy (non-hydrogen) atoms. The van der Waals surface area contributed by atoms with E-state index in [1.165, 1.54) is 9.87 Å². The van der Waals surface area contributed by atoms with E-state index in [0.29, 0.717) is 25.9 Å². The molecule has 1 saturated heterocycles. The molecule has 164 valence electrons. The number of nitrogens with zero attached hydrogens (tertiary/aromatic N) is 2. The maximum absolute atomic E-state index is 13.3. The van der Waals surface area contributed by atoms with Crippen LogP contribution in [0, 0.1) is 12.8 Å². The van der Waals surface area contributed by atoms with Gasteiger partial charge in [-0.3, -0.25) is 4.79 Å². The highest BCUT2D eigenvalue weighted by atomic mass is 32.2. The Hall–Kier alpha value is -2.64. The van der Waals surface area contributed by atoms with Gasteiger partial charge in [-0.15, -0.1) is 0 Å². The fourth-order valence-corrected chi connectivity index (χ4v) is 5.74. The second-order valence-electron chi connectivity index (χ2n) is 8.23. The van der Waals surface area contributed by atoms with E-state index in [0.717, 1.165) is 23.0 Å². The quantitative estimate of drug-likeness (QED) is 0.637. The van der Waals surface area contributed by atoms with E-state index >= 15 is 0 Å². The number of carbonyl (C=O) groups excluding carboxylic acids is 1. The smallest absolute Gasteiger partial charge is 0.243 e. The summed E-state index contributed by atoms with van der Waals surface area (Å²) in [5.74, 6) is -0.421. The first-order valence-corrected chi connectivity index (χ1v) is 12.2. The number of hydrogen-bond donors (Lipinski definition) is 1. The number of benzene rings is 2. The Labute approximate surface area is 183 Å². The Morgan fingerprint density at radius 2 is 1.90 bits per heavy atom. The van der Waals surface area contributed by atoms with Gasteiger partial charge in [0.1, 0.15) is 0 Å². The summed E-state index contributed by atoms with van der Waals surface area (Å²) in [6.45, 7) is 6.03. The van der Waals surface area contributed by atoms with Crippen molar-refractivity contribution >= 4 is 26.8 Å². The zero-order valence-electron chi connectivity index (χ0n) is 18.0. The van der Waals surface area contributed by atoms with Gasteiger partial charge in [0.05, 0.1) is 10.8 Å². The first-order valence-electron chi connectivity index (χ1n) is 10.8. The van der Waals surface area contributed by atoms with Crippen LogP contribution in [0.2, 0.25) is 0 Å². The largest absolute Gasteiger partial charge is 0.352 e. The summed E-state index contributed by atoms with van der Waals surface area (Å²) in [7, 11) is -3.65. The average molecular weight is 440 g/mol. The van der Waals surface area contributed by atoms with Gasteiger partial charge >= 0.3 is 0 Å². The van der Waals surface area contributed by atoms with Crippen LogP contribution in [0.5, 0.6) is 0 Å². The third-order valence-electron chi connectivity index (χ3n) is 6.06. The molecule has 7 heteroatoms. The van der Waals surface area contributed by atoms with Gasteiger partial charge in [-0.05, 0) is 56.5 Å². The highest BCUT2D eigenvalue weighted by molar-refractivity contribution is 7.89. The SMILES string of the molecule is CCn1ccc2cc(S(=O)(=O)N3CCC[C@@H](C(=O)NCc4ccc(C)cc4)C3)ccc21. The van der Waals surface area contributed by atoms with Crippen LogP contribution < -0.4 is 5.32 Å². The molecule has 0 spiro atoms. The van der Waals surface area contributed by atoms with Crippen LogP contribution in [-0.4, -0.2) is 36.3 Å². The number of rotatable bonds is 6. The standard InChI is InChI=1S/C24H29N3O3S/c1-3-26-14-12-20-15-22(10-11-23(20)26)31(29,30)27-13-4-5-21(17-27)24(28)25-16-19-8-6-18(2)7-9-19/h6-12,14-15,21H,3-5,13,16-17H2,1-2H3,(H,25,28)/t21-/m1/s1. The third-order valence-corrected chi connectivity index (χ3v) is 7.92. The van der Waals surface area contributed by atoms with Crippen molar-refractivity contribution in [2.75, 3.05) is 13.1 Å². The van der Waals surface area contributed by atoms with Crippen LogP contribution in [-0.2, 0) is 27.9 Å². The average Bonchev–Trinajstić information content (AvgIpc) is 3.21. The molecule has 1 aromatic heterocycles. The lowest BCUT2D eigenvalue weighted by Crippen LogP contribution is -2.45. The van der Waals surface area contributed by atoms with Gasteiger partial charge in [-0.1, -0.05) is 29.8 Å². The van der Waals surface area contributed by atoms with Crippen molar-refractivity contribution in [3.05, 3.63) is 65.9 Å². The number of carbonyl (C=O) groups is 1. The van der Waals surface area contributed by atoms with E-state index in [1.54, 1.807) is 12.1 Å². The molecule has 4 rings (SSSR count). The lowest BCUT2D eigenvalue weighted by Gasteiger charge is -2.31. The Bertz CT molecular complexity index is 1180. The zero-order chi connectivity index (χ0) is 22.0. The van der Waals surface area contributed by atoms with Gasteiger partial charge in [-0.2, -0.15) is 4.31 Å². The molecular weight excluding hydrogens is 410 g/mol. The molecule has 1 amide bonds. The summed E-state index contributed by atoms with van der Waals surface area (Å²) in [5.41, 5.74) is 3.23. The van der Waals surface area contributed by atoms with Crippen molar-refractivity contribution in [3.63, 3.8) is 0 Å². The number of piperidine rings is 1. The van der Waals surface area contributed by atoms with Gasteiger partial charge < -0.3 is 9.88 Å². The Balaban J connectivity index is 1.45. The van der Waals surface area contributed by atoms with E-state index in [9.17, 15) is 13.2 Å². The van der Waals surface area contributed by atoms with Crippen molar-refractivity contribution in [3.8, 4) is 0 Å². The Morgan fingerprint density at radius 3 is 2.65 bits per heavy atom. The van der Waals surface area contributed by atoms with Gasteiger partial charge in [-0.25, -0.2) is 8.42 Å². The van der Waals surface area contributed by atoms with Gasteiger partial charge in [0.2, 0.25) is 15.9 Å². The lowest BCUT2D eigenvalue weighted by molar-refractivity contribution is -0.126. The van der Waals surface area contributed by atoms with E-state index in [2.05, 4.69) is 16.8 Å². The van der Waals surface area contributed by atoms with E-state index in [-0.39, 0.29) is 23.3 Å². The van der Waals surface area contributed by atoms with E-state index in [1.807, 2.05) is 49.5 Å². The molecule has 1 fully saturated rings. The summed E-state index contributed by atoms with van der Waals surface area (Å²) < 4.78 is 30.1. The number of fused-ring (bicyclic) bond motifs is 1. The Kier molecular flexibility index (Phi) is 6.16. The fourth-order valence-electron chi connectivity index (χ4n) is 4.18. The molecule has 2 heterocycles. The van der Waals surface area contributed by atoms with Crippen LogP contribution in [0.25, 0.3) is 10.9 Å². The molecule has 1 N–H and O–H groups in total. The van der Waals surface area contributed by atoms with Crippen LogP contribution in [0.1, 0.15) is 30.9 Å². The van der Waals surface area contributed by atoms with Crippen LogP contribution >= 0.6 is 0 Å². The zero-order valence-corrected chi connectivity index (χ0v) is 18.9. The summed E-state index contributed by atoms with van der Waals surface area (Å²) in [6, 6.07) is 15.2. The summed E-state index contributed by atoms with van der Waals surface area (Å²) in [5, 5.41) is 3.88. The minimum atomic E-state index is -3.65. The molecule has 0 saturated carbocycles. The molecule has 0 bridgehead atoms. The van der Waals surface area contributed by atoms with Crippen molar-refractivity contribution in [1.82, 2.24) is 14.2 Å². The monoisotopic (exact) mass is 439 g/mol. The summed E-state index contributed by atoms with van der Waals surface area (Å²) >= 11 is 0. The number of amides is 1. The number of hydrogen-bond acceptors (Lipinski definition) is 3. The molecule has 0 unspecified atom stereocenters. The highest BCUT2D eigenvalue weighted by Gasteiger charge is 2.33. The second kappa shape index (κ2) is 8.85. The summed E-state index contributed by atoms with van der Waals surface area (Å²) in [6.07, 6.45) is 3.34. The van der Waals surface area contributed by atoms with Crippen molar-refractivity contribution in [2.24, 2.45) is 5.92 Å². The number of nitrogens with one attached hydrogen (secondary N) is 1. The highest BCUT2D eigenvalue weighted by Crippen LogP contribution is 2.27. The first kappa shape index (κ1) is 21.6. The summed E-state index contributed by atoms with van der Waals surface area (Å²) in [4.78, 5) is 13.0. The minimum Gasteiger partial charge on any atom is -0.352 e. The normalized spacial score (nSPS) is 17.7. The van der Waals surface area contributed by atoms with Gasteiger partial charge in [0, 0.05) is 43.3 Å². The van der Waals surface area contributed by atoms with Crippen LogP contribution in [0.3, 0.4) is 0 Å². The fraction of sp³-hybridized carbons (Fsp3) is 0.375. The van der Waals surface area contributed by atoms with E-state index < -0.39 is 10.0 Å². The molecule has 1 aliphatic rings. The molecule has 1 atom stereocenters. The second-order valence-corrected chi connectivity index (χ2v) is 10.2. The number of aromatic nitrogens is 1. The number of aryl methyl sites for hydroxylation is 2. The Morgan fingerprint density at radius 1 is 1.13 bits per heavy atom. The molecular formula is C24H29N3O3S. The maximum Gasteiger partial charge on any atom is 0.243 e. The molecule has 6 nitrogen and oxygen atoms in total. The minimum absolute atomic E-state index is 0.0871. The molecule has 1 aliphatic heterocycles. The first-order chi connectivity index (χ1) is 14.9. The van der Waals surface area contributed by atoms with E-state index in [4.69, 9.17) is 0 Å². The molecule has 3 aromatic rings. The molecule has 2 aromatic carbocycles. The number of sulfonamides is 1. The van der Waals surface area contributed by atoms with Crippen LogP contribution in [0.4, 0.5) is 0 Å². The third kappa shape index (κ3) is 4.52. The van der Waals surface area contributed by atoms with Gasteiger partial charge in [0.15, 0.2) is 0 Å². The van der Waals surface area contributed by atoms with Crippen molar-refractivity contribution in [1.29, 1.82) is 0 Å². The topological polar surface area (TPSA) is 71.4 Å². The van der Waals surface area contributed by atoms with Crippen molar-refractivity contribution in [2.45, 2.75) is 44.7 Å². The molecule has 0 aliphatic carbocycles.